The molecule has 1 saturated heterocycles. The molecule has 1 aromatic rings. The summed E-state index contributed by atoms with van der Waals surface area (Å²) in [7, 11) is 0. The molecule has 0 radical (unpaired) electrons. The van der Waals surface area contributed by atoms with Gasteiger partial charge in [-0.15, -0.1) is 0 Å². The van der Waals surface area contributed by atoms with Gasteiger partial charge in [-0.1, -0.05) is 24.4 Å². The molecule has 1 atom stereocenters. The van der Waals surface area contributed by atoms with Crippen molar-refractivity contribution in [1.29, 1.82) is 0 Å². The average molecular weight is 270 g/mol. The first kappa shape index (κ1) is 13.6. The number of nitrogens with zero attached hydrogens (tertiary/aromatic N) is 2. The van der Waals surface area contributed by atoms with Crippen LogP contribution in [0.1, 0.15) is 56.1 Å². The van der Waals surface area contributed by atoms with Crippen LogP contribution in [0.4, 0.5) is 0 Å². The predicted molar refractivity (Wildman–Crippen MR) is 72.2 cm³/mol. The summed E-state index contributed by atoms with van der Waals surface area (Å²) in [6, 6.07) is 0.0291. The van der Waals surface area contributed by atoms with E-state index in [1.165, 1.54) is 6.42 Å². The average Bonchev–Trinajstić information content (AvgIpc) is 2.56. The maximum atomic E-state index is 12.6. The SMILES string of the molecule is CC(C)n1ncc(Cl)c1C(=O)C1CCCCCN1. The highest BCUT2D eigenvalue weighted by atomic mass is 35.5. The highest BCUT2D eigenvalue weighted by Crippen LogP contribution is 2.22. The number of hydrogen-bond acceptors (Lipinski definition) is 3. The van der Waals surface area contributed by atoms with Gasteiger partial charge in [0.25, 0.3) is 0 Å². The van der Waals surface area contributed by atoms with Crippen LogP contribution in [0.2, 0.25) is 5.02 Å². The number of Topliss-reactive ketones (excluding diaryl/α,β-unsaturated/α-hetero) is 1. The molecule has 1 unspecified atom stereocenters. The van der Waals surface area contributed by atoms with Gasteiger partial charge in [0, 0.05) is 6.04 Å². The van der Waals surface area contributed by atoms with Gasteiger partial charge in [0.2, 0.25) is 0 Å². The van der Waals surface area contributed by atoms with Gasteiger partial charge < -0.3 is 5.32 Å². The van der Waals surface area contributed by atoms with Crippen molar-refractivity contribution < 1.29 is 4.79 Å². The highest BCUT2D eigenvalue weighted by Gasteiger charge is 2.27. The molecule has 18 heavy (non-hydrogen) atoms. The third-order valence-electron chi connectivity index (χ3n) is 3.35. The molecule has 1 aromatic heterocycles. The van der Waals surface area contributed by atoms with Gasteiger partial charge in [-0.25, -0.2) is 0 Å². The van der Waals surface area contributed by atoms with Crippen LogP contribution in [0, 0.1) is 0 Å². The summed E-state index contributed by atoms with van der Waals surface area (Å²) in [4.78, 5) is 12.6. The Morgan fingerprint density at radius 1 is 1.50 bits per heavy atom. The van der Waals surface area contributed by atoms with Crippen LogP contribution in [0.5, 0.6) is 0 Å². The van der Waals surface area contributed by atoms with Gasteiger partial charge in [-0.3, -0.25) is 9.48 Å². The molecule has 0 amide bonds. The molecule has 4 nitrogen and oxygen atoms in total. The number of ketones is 1. The van der Waals surface area contributed by atoms with Crippen LogP contribution in [0.3, 0.4) is 0 Å². The lowest BCUT2D eigenvalue weighted by Gasteiger charge is -2.17. The molecule has 1 aliphatic rings. The molecule has 0 spiro atoms. The summed E-state index contributed by atoms with van der Waals surface area (Å²) in [5.74, 6) is 0.0769. The lowest BCUT2D eigenvalue weighted by molar-refractivity contribution is 0.0928. The zero-order chi connectivity index (χ0) is 13.1. The number of hydrogen-bond donors (Lipinski definition) is 1. The fourth-order valence-corrected chi connectivity index (χ4v) is 2.60. The van der Waals surface area contributed by atoms with Gasteiger partial charge in [-0.05, 0) is 33.2 Å². The van der Waals surface area contributed by atoms with Crippen molar-refractivity contribution >= 4 is 17.4 Å². The van der Waals surface area contributed by atoms with Crippen molar-refractivity contribution in [3.05, 3.63) is 16.9 Å². The predicted octanol–water partition coefficient (Wildman–Crippen LogP) is 2.83. The first-order valence-electron chi connectivity index (χ1n) is 6.62. The highest BCUT2D eigenvalue weighted by molar-refractivity contribution is 6.33. The normalized spacial score (nSPS) is 21.0. The molecule has 0 saturated carbocycles. The Morgan fingerprint density at radius 3 is 3.00 bits per heavy atom. The molecule has 0 aliphatic carbocycles. The van der Waals surface area contributed by atoms with Crippen molar-refractivity contribution in [2.45, 2.75) is 51.6 Å². The van der Waals surface area contributed by atoms with Crippen LogP contribution in [0.25, 0.3) is 0 Å². The molecule has 0 aromatic carbocycles. The molecular formula is C13H20ClN3O. The number of nitrogens with one attached hydrogen (secondary N) is 1. The first-order valence-corrected chi connectivity index (χ1v) is 6.99. The van der Waals surface area contributed by atoms with Gasteiger partial charge in [-0.2, -0.15) is 5.10 Å². The van der Waals surface area contributed by atoms with Crippen molar-refractivity contribution in [3.8, 4) is 0 Å². The second-order valence-corrected chi connectivity index (χ2v) is 5.51. The molecule has 1 aliphatic heterocycles. The number of aromatic nitrogens is 2. The quantitative estimate of drug-likeness (QED) is 0.859. The van der Waals surface area contributed by atoms with Crippen LogP contribution in [-0.2, 0) is 0 Å². The number of halogens is 1. The largest absolute Gasteiger partial charge is 0.307 e. The summed E-state index contributed by atoms with van der Waals surface area (Å²) in [6.45, 7) is 4.91. The van der Waals surface area contributed by atoms with E-state index in [2.05, 4.69) is 10.4 Å². The van der Waals surface area contributed by atoms with Gasteiger partial charge in [0.15, 0.2) is 5.78 Å². The first-order chi connectivity index (χ1) is 8.61. The number of carbonyl (C=O) groups excluding carboxylic acids is 1. The van der Waals surface area contributed by atoms with E-state index in [1.807, 2.05) is 13.8 Å². The molecule has 2 heterocycles. The Kier molecular flexibility index (Phi) is 4.40. The molecule has 1 N–H and O–H groups in total. The van der Waals surface area contributed by atoms with Crippen molar-refractivity contribution in [2.24, 2.45) is 0 Å². The summed E-state index contributed by atoms with van der Waals surface area (Å²) >= 11 is 6.11. The second kappa shape index (κ2) is 5.85. The standard InChI is InChI=1S/C13H20ClN3O/c1-9(2)17-12(10(14)8-16-17)13(18)11-6-4-3-5-7-15-11/h8-9,11,15H,3-7H2,1-2H3. The topological polar surface area (TPSA) is 46.9 Å². The molecule has 0 bridgehead atoms. The van der Waals surface area contributed by atoms with Crippen LogP contribution < -0.4 is 5.32 Å². The Balaban J connectivity index is 2.24. The van der Waals surface area contributed by atoms with E-state index in [1.54, 1.807) is 10.9 Å². The van der Waals surface area contributed by atoms with E-state index in [0.717, 1.165) is 25.8 Å². The fourth-order valence-electron chi connectivity index (χ4n) is 2.38. The minimum atomic E-state index is -0.112. The zero-order valence-electron chi connectivity index (χ0n) is 10.9. The maximum Gasteiger partial charge on any atom is 0.199 e. The molecule has 1 fully saturated rings. The summed E-state index contributed by atoms with van der Waals surface area (Å²) in [5, 5.41) is 7.96. The minimum Gasteiger partial charge on any atom is -0.307 e. The molecule has 5 heteroatoms. The van der Waals surface area contributed by atoms with Crippen molar-refractivity contribution in [3.63, 3.8) is 0 Å². The molecular weight excluding hydrogens is 250 g/mol. The van der Waals surface area contributed by atoms with Gasteiger partial charge in [0.1, 0.15) is 5.69 Å². The lowest BCUT2D eigenvalue weighted by Crippen LogP contribution is -2.37. The maximum absolute atomic E-state index is 12.6. The summed E-state index contributed by atoms with van der Waals surface area (Å²) < 4.78 is 1.72. The Hall–Kier alpha value is -0.870. The summed E-state index contributed by atoms with van der Waals surface area (Å²) in [5.41, 5.74) is 0.547. The van der Waals surface area contributed by atoms with E-state index in [-0.39, 0.29) is 17.9 Å². The van der Waals surface area contributed by atoms with E-state index < -0.39 is 0 Å². The third-order valence-corrected chi connectivity index (χ3v) is 3.63. The van der Waals surface area contributed by atoms with Crippen LogP contribution in [0.15, 0.2) is 6.20 Å². The van der Waals surface area contributed by atoms with Gasteiger partial charge >= 0.3 is 0 Å². The summed E-state index contributed by atoms with van der Waals surface area (Å²) in [6.07, 6.45) is 5.87. The van der Waals surface area contributed by atoms with Crippen LogP contribution >= 0.6 is 11.6 Å². The monoisotopic (exact) mass is 269 g/mol. The Morgan fingerprint density at radius 2 is 2.28 bits per heavy atom. The van der Waals surface area contributed by atoms with E-state index >= 15 is 0 Å². The number of rotatable bonds is 3. The Labute approximate surface area is 113 Å². The fraction of sp³-hybridized carbons (Fsp3) is 0.692. The van der Waals surface area contributed by atoms with E-state index in [9.17, 15) is 4.79 Å². The van der Waals surface area contributed by atoms with E-state index in [4.69, 9.17) is 11.6 Å². The second-order valence-electron chi connectivity index (χ2n) is 5.10. The van der Waals surface area contributed by atoms with E-state index in [0.29, 0.717) is 10.7 Å². The third kappa shape index (κ3) is 2.75. The molecule has 2 rings (SSSR count). The minimum absolute atomic E-state index is 0.0769. The van der Waals surface area contributed by atoms with Crippen molar-refractivity contribution in [1.82, 2.24) is 15.1 Å². The van der Waals surface area contributed by atoms with Gasteiger partial charge in [0.05, 0.1) is 17.3 Å². The van der Waals surface area contributed by atoms with Crippen LogP contribution in [-0.4, -0.2) is 28.2 Å². The zero-order valence-corrected chi connectivity index (χ0v) is 11.7. The van der Waals surface area contributed by atoms with Crippen molar-refractivity contribution in [2.75, 3.05) is 6.54 Å². The number of carbonyl (C=O) groups is 1. The lowest BCUT2D eigenvalue weighted by atomic mass is 10.0. The smallest absolute Gasteiger partial charge is 0.199 e. The Bertz CT molecular complexity index is 420. The molecule has 100 valence electrons.